The van der Waals surface area contributed by atoms with Gasteiger partial charge in [-0.2, -0.15) is 0 Å². The van der Waals surface area contributed by atoms with E-state index in [4.69, 9.17) is 69.6 Å². The predicted molar refractivity (Wildman–Crippen MR) is 126 cm³/mol. The van der Waals surface area contributed by atoms with Crippen LogP contribution in [-0.4, -0.2) is 33.1 Å². The summed E-state index contributed by atoms with van der Waals surface area (Å²) >= 11 is 37.3. The van der Waals surface area contributed by atoms with Gasteiger partial charge in [0, 0.05) is 12.4 Å². The van der Waals surface area contributed by atoms with Crippen molar-refractivity contribution in [2.45, 2.75) is 0 Å². The van der Waals surface area contributed by atoms with Gasteiger partial charge in [-0.3, -0.25) is 19.2 Å². The Morgan fingerprint density at radius 1 is 0.500 bits per heavy atom. The molecule has 0 N–H and O–H groups in total. The van der Waals surface area contributed by atoms with E-state index in [0.717, 1.165) is 22.7 Å². The zero-order valence-corrected chi connectivity index (χ0v) is 20.9. The van der Waals surface area contributed by atoms with Gasteiger partial charge in [0.25, 0.3) is 0 Å². The number of hydrogen-bond acceptors (Lipinski definition) is 8. The highest BCUT2D eigenvalue weighted by molar-refractivity contribution is 7.23. The monoisotopic (exact) mass is 584 g/mol. The number of carbonyl (C=O) groups is 4. The van der Waals surface area contributed by atoms with Gasteiger partial charge >= 0.3 is 0 Å². The first kappa shape index (κ1) is 23.8. The summed E-state index contributed by atoms with van der Waals surface area (Å²) in [5.41, 5.74) is -0.256. The summed E-state index contributed by atoms with van der Waals surface area (Å²) in [6.07, 6.45) is 2.66. The van der Waals surface area contributed by atoms with E-state index in [-0.39, 0.29) is 31.0 Å². The van der Waals surface area contributed by atoms with Crippen LogP contribution in [0.5, 0.6) is 0 Å². The van der Waals surface area contributed by atoms with E-state index in [0.29, 0.717) is 10.0 Å². The Hall–Kier alpha value is -1.36. The third-order valence-corrected chi connectivity index (χ3v) is 8.69. The third kappa shape index (κ3) is 3.73. The zero-order valence-electron chi connectivity index (χ0n) is 14.8. The molecule has 2 aliphatic rings. The maximum atomic E-state index is 12.5. The highest BCUT2D eigenvalue weighted by atomic mass is 35.5. The summed E-state index contributed by atoms with van der Waals surface area (Å²) < 4.78 is 0. The van der Waals surface area contributed by atoms with Crippen LogP contribution in [0.25, 0.3) is 21.2 Å². The summed E-state index contributed by atoms with van der Waals surface area (Å²) in [7, 11) is 0. The van der Waals surface area contributed by atoms with Gasteiger partial charge in [0.05, 0.1) is 20.9 Å². The second-order valence-electron chi connectivity index (χ2n) is 6.01. The van der Waals surface area contributed by atoms with E-state index in [1.165, 1.54) is 12.4 Å². The van der Waals surface area contributed by atoms with E-state index in [2.05, 4.69) is 9.97 Å². The third-order valence-electron chi connectivity index (χ3n) is 4.16. The zero-order chi connectivity index (χ0) is 23.5. The first-order valence-electron chi connectivity index (χ1n) is 8.06. The minimum Gasteiger partial charge on any atom is -0.287 e. The van der Waals surface area contributed by atoms with Gasteiger partial charge in [0.2, 0.25) is 23.1 Å². The van der Waals surface area contributed by atoms with Crippen molar-refractivity contribution in [1.29, 1.82) is 0 Å². The fourth-order valence-electron chi connectivity index (χ4n) is 2.65. The number of nitrogens with zero attached hydrogens (tertiary/aromatic N) is 2. The molecule has 0 unspecified atom stereocenters. The highest BCUT2D eigenvalue weighted by Crippen LogP contribution is 2.42. The molecule has 0 spiro atoms. The number of rotatable bonds is 3. The van der Waals surface area contributed by atoms with Crippen LogP contribution in [0.4, 0.5) is 0 Å². The number of Topliss-reactive ketones (excluding diaryl/α,β-unsaturated/α-hetero) is 4. The fraction of sp³-hybridized carbons (Fsp3) is 0. The molecule has 0 saturated carbocycles. The highest BCUT2D eigenvalue weighted by Gasteiger charge is 2.36. The molecule has 162 valence electrons. The summed E-state index contributed by atoms with van der Waals surface area (Å²) in [6.45, 7) is 0. The molecule has 2 aliphatic carbocycles. The SMILES string of the molecule is O=C1C(Cl)=C(Cl)C(=O)C(c2cnc(-c3ncc(C4=C(Cl)C(=O)C(Cl)=C(Cl)C4=O)s3)s2)=C1Cl. The van der Waals surface area contributed by atoms with Crippen molar-refractivity contribution < 1.29 is 19.2 Å². The smallest absolute Gasteiger partial charge is 0.218 e. The summed E-state index contributed by atoms with van der Waals surface area (Å²) in [6, 6.07) is 0. The minimum absolute atomic E-state index is 0.128. The number of aromatic nitrogens is 2. The Labute approximate surface area is 216 Å². The average Bonchev–Trinajstić information content (AvgIpc) is 3.44. The summed E-state index contributed by atoms with van der Waals surface area (Å²) in [5, 5.41) is -1.84. The molecule has 0 atom stereocenters. The molecule has 32 heavy (non-hydrogen) atoms. The minimum atomic E-state index is -0.773. The predicted octanol–water partition coefficient (Wildman–Crippen LogP) is 5.85. The molecule has 0 saturated heterocycles. The van der Waals surface area contributed by atoms with E-state index in [1.807, 2.05) is 0 Å². The van der Waals surface area contributed by atoms with E-state index in [9.17, 15) is 19.2 Å². The molecule has 0 fully saturated rings. The van der Waals surface area contributed by atoms with Crippen molar-refractivity contribution in [2.75, 3.05) is 0 Å². The molecule has 4 rings (SSSR count). The van der Waals surface area contributed by atoms with Crippen LogP contribution in [0.1, 0.15) is 9.75 Å². The molecule has 14 heteroatoms. The van der Waals surface area contributed by atoms with Crippen molar-refractivity contribution in [3.8, 4) is 10.0 Å². The van der Waals surface area contributed by atoms with Crippen molar-refractivity contribution >= 4 is 127 Å². The molecular weight excluding hydrogens is 585 g/mol. The lowest BCUT2D eigenvalue weighted by molar-refractivity contribution is -0.114. The lowest BCUT2D eigenvalue weighted by Crippen LogP contribution is -2.16. The van der Waals surface area contributed by atoms with Gasteiger partial charge < -0.3 is 0 Å². The van der Waals surface area contributed by atoms with Gasteiger partial charge in [-0.1, -0.05) is 69.6 Å². The Morgan fingerprint density at radius 3 is 1.16 bits per heavy atom. The molecular formula is C18H2Cl6N2O4S2. The normalized spacial score (nSPS) is 18.1. The van der Waals surface area contributed by atoms with Gasteiger partial charge in [-0.15, -0.1) is 22.7 Å². The molecule has 0 amide bonds. The van der Waals surface area contributed by atoms with Gasteiger partial charge in [-0.05, 0) is 0 Å². The first-order chi connectivity index (χ1) is 15.0. The van der Waals surface area contributed by atoms with Crippen LogP contribution < -0.4 is 0 Å². The molecule has 6 nitrogen and oxygen atoms in total. The fourth-order valence-corrected chi connectivity index (χ4v) is 6.11. The van der Waals surface area contributed by atoms with Crippen LogP contribution in [0.3, 0.4) is 0 Å². The van der Waals surface area contributed by atoms with E-state index < -0.39 is 43.3 Å². The second kappa shape index (κ2) is 8.77. The standard InChI is InChI=1S/C18H2Cl6N2O4S2/c19-7-5(13(27)9(21)11(23)15(7)29)3-1-25-17(31-3)18-26-2-4(32-18)6-8(20)16(30)12(24)10(22)14(6)28/h1-2H. The summed E-state index contributed by atoms with van der Waals surface area (Å²) in [4.78, 5) is 58.1. The van der Waals surface area contributed by atoms with Crippen molar-refractivity contribution in [2.24, 2.45) is 0 Å². The largest absolute Gasteiger partial charge is 0.287 e. The van der Waals surface area contributed by atoms with Crippen molar-refractivity contribution in [3.05, 3.63) is 52.3 Å². The van der Waals surface area contributed by atoms with Crippen molar-refractivity contribution in [3.63, 3.8) is 0 Å². The van der Waals surface area contributed by atoms with Gasteiger partial charge in [0.1, 0.15) is 30.2 Å². The lowest BCUT2D eigenvalue weighted by atomic mass is 10.0. The molecule has 0 radical (unpaired) electrons. The first-order valence-corrected chi connectivity index (χ1v) is 12.0. The molecule has 0 aliphatic heterocycles. The molecule has 2 heterocycles. The van der Waals surface area contributed by atoms with E-state index >= 15 is 0 Å². The van der Waals surface area contributed by atoms with Gasteiger partial charge in [0.15, 0.2) is 10.0 Å². The Balaban J connectivity index is 1.72. The summed E-state index contributed by atoms with van der Waals surface area (Å²) in [5.74, 6) is -2.97. The second-order valence-corrected chi connectivity index (χ2v) is 10.3. The number of thiazole rings is 2. The van der Waals surface area contributed by atoms with E-state index in [1.54, 1.807) is 0 Å². The number of allylic oxidation sites excluding steroid dienone is 8. The molecule has 0 bridgehead atoms. The van der Waals surface area contributed by atoms with Crippen LogP contribution in [0.15, 0.2) is 42.6 Å². The molecule has 0 aromatic carbocycles. The number of halogens is 6. The maximum Gasteiger partial charge on any atom is 0.218 e. The number of hydrogen-bond donors (Lipinski definition) is 0. The Morgan fingerprint density at radius 2 is 0.812 bits per heavy atom. The maximum absolute atomic E-state index is 12.5. The van der Waals surface area contributed by atoms with Crippen LogP contribution in [0.2, 0.25) is 0 Å². The van der Waals surface area contributed by atoms with Gasteiger partial charge in [-0.25, -0.2) is 9.97 Å². The molecule has 2 aromatic heterocycles. The quantitative estimate of drug-likeness (QED) is 0.419. The van der Waals surface area contributed by atoms with Crippen LogP contribution in [0, 0.1) is 0 Å². The Kier molecular flexibility index (Phi) is 6.52. The van der Waals surface area contributed by atoms with Crippen LogP contribution in [-0.2, 0) is 19.2 Å². The Bertz CT molecular complexity index is 1310. The van der Waals surface area contributed by atoms with Crippen molar-refractivity contribution in [1.82, 2.24) is 9.97 Å². The topological polar surface area (TPSA) is 94.1 Å². The number of ketones is 4. The lowest BCUT2D eigenvalue weighted by Gasteiger charge is -2.13. The molecule has 2 aromatic rings. The average molecular weight is 587 g/mol. The number of carbonyl (C=O) groups excluding carboxylic acids is 4. The van der Waals surface area contributed by atoms with Crippen LogP contribution >= 0.6 is 92.3 Å².